The molecule has 1 aliphatic rings. The van der Waals surface area contributed by atoms with Crippen molar-refractivity contribution in [1.82, 2.24) is 0 Å². The first-order valence-electron chi connectivity index (χ1n) is 7.71. The van der Waals surface area contributed by atoms with Gasteiger partial charge in [-0.25, -0.2) is 0 Å². The number of rotatable bonds is 5. The molecule has 112 valence electrons. The average Bonchev–Trinajstić information content (AvgIpc) is 2.48. The van der Waals surface area contributed by atoms with Crippen LogP contribution < -0.4 is 15.8 Å². The number of methoxy groups -OCH3 is 1. The molecule has 1 fully saturated rings. The van der Waals surface area contributed by atoms with Crippen molar-refractivity contribution in [2.45, 2.75) is 45.1 Å². The molecule has 0 heterocycles. The predicted octanol–water partition coefficient (Wildman–Crippen LogP) is 3.65. The van der Waals surface area contributed by atoms with E-state index in [-0.39, 0.29) is 5.54 Å². The Morgan fingerprint density at radius 2 is 1.85 bits per heavy atom. The van der Waals surface area contributed by atoms with Crippen LogP contribution in [-0.4, -0.2) is 19.2 Å². The first-order valence-corrected chi connectivity index (χ1v) is 7.71. The number of nitrogens with one attached hydrogen (secondary N) is 1. The number of hydrogen-bond donors (Lipinski definition) is 2. The van der Waals surface area contributed by atoms with E-state index in [0.717, 1.165) is 23.3 Å². The van der Waals surface area contributed by atoms with Gasteiger partial charge >= 0.3 is 0 Å². The molecule has 2 rings (SSSR count). The molecule has 1 aliphatic carbocycles. The highest BCUT2D eigenvalue weighted by molar-refractivity contribution is 5.48. The van der Waals surface area contributed by atoms with Crippen LogP contribution in [0.5, 0.6) is 5.75 Å². The lowest BCUT2D eigenvalue weighted by Crippen LogP contribution is -2.48. The van der Waals surface area contributed by atoms with E-state index in [1.165, 1.54) is 25.7 Å². The largest absolute Gasteiger partial charge is 0.497 e. The maximum absolute atomic E-state index is 6.08. The summed E-state index contributed by atoms with van der Waals surface area (Å²) >= 11 is 0. The van der Waals surface area contributed by atoms with Crippen LogP contribution in [-0.2, 0) is 0 Å². The molecule has 1 aromatic rings. The Morgan fingerprint density at radius 1 is 1.25 bits per heavy atom. The van der Waals surface area contributed by atoms with Crippen molar-refractivity contribution in [3.05, 3.63) is 24.3 Å². The first-order chi connectivity index (χ1) is 9.58. The lowest BCUT2D eigenvalue weighted by molar-refractivity contribution is 0.213. The summed E-state index contributed by atoms with van der Waals surface area (Å²) in [5.41, 5.74) is 7.28. The lowest BCUT2D eigenvalue weighted by Gasteiger charge is -2.42. The fourth-order valence-electron chi connectivity index (χ4n) is 3.22. The number of benzene rings is 1. The monoisotopic (exact) mass is 276 g/mol. The number of hydrogen-bond acceptors (Lipinski definition) is 3. The summed E-state index contributed by atoms with van der Waals surface area (Å²) in [5.74, 6) is 2.53. The molecule has 0 aliphatic heterocycles. The number of nitrogens with two attached hydrogens (primary N) is 1. The predicted molar refractivity (Wildman–Crippen MR) is 85.2 cm³/mol. The highest BCUT2D eigenvalue weighted by Crippen LogP contribution is 2.37. The molecule has 0 unspecified atom stereocenters. The normalized spacial score (nSPS) is 26.6. The van der Waals surface area contributed by atoms with Crippen molar-refractivity contribution in [1.29, 1.82) is 0 Å². The molecule has 0 atom stereocenters. The van der Waals surface area contributed by atoms with Crippen LogP contribution in [0.25, 0.3) is 0 Å². The molecule has 3 heteroatoms. The molecule has 3 nitrogen and oxygen atoms in total. The minimum absolute atomic E-state index is 0.0694. The Balaban J connectivity index is 2.01. The van der Waals surface area contributed by atoms with E-state index in [1.807, 2.05) is 12.1 Å². The molecule has 0 saturated heterocycles. The van der Waals surface area contributed by atoms with Gasteiger partial charge in [0, 0.05) is 17.8 Å². The van der Waals surface area contributed by atoms with Crippen molar-refractivity contribution in [2.75, 3.05) is 19.0 Å². The highest BCUT2D eigenvalue weighted by Gasteiger charge is 2.34. The summed E-state index contributed by atoms with van der Waals surface area (Å²) in [5, 5.41) is 3.67. The van der Waals surface area contributed by atoms with Crippen LogP contribution in [0.2, 0.25) is 0 Å². The molecule has 20 heavy (non-hydrogen) atoms. The fraction of sp³-hybridized carbons (Fsp3) is 0.647. The van der Waals surface area contributed by atoms with Crippen LogP contribution >= 0.6 is 0 Å². The molecule has 0 spiro atoms. The molecule has 0 aromatic heterocycles. The van der Waals surface area contributed by atoms with Crippen molar-refractivity contribution in [3.8, 4) is 5.75 Å². The summed E-state index contributed by atoms with van der Waals surface area (Å²) in [6, 6.07) is 8.13. The fourth-order valence-corrected chi connectivity index (χ4v) is 3.22. The van der Waals surface area contributed by atoms with Crippen LogP contribution in [0, 0.1) is 11.8 Å². The first kappa shape index (κ1) is 15.2. The van der Waals surface area contributed by atoms with Gasteiger partial charge in [-0.15, -0.1) is 0 Å². The summed E-state index contributed by atoms with van der Waals surface area (Å²) < 4.78 is 5.20. The summed E-state index contributed by atoms with van der Waals surface area (Å²) in [6.07, 6.45) is 4.88. The molecule has 0 bridgehead atoms. The van der Waals surface area contributed by atoms with Crippen LogP contribution in [0.3, 0.4) is 0 Å². The van der Waals surface area contributed by atoms with Gasteiger partial charge in [0.15, 0.2) is 0 Å². The van der Waals surface area contributed by atoms with Gasteiger partial charge in [-0.05, 0) is 61.8 Å². The maximum Gasteiger partial charge on any atom is 0.119 e. The molecule has 0 radical (unpaired) electrons. The van der Waals surface area contributed by atoms with Crippen LogP contribution in [0.1, 0.15) is 39.5 Å². The average molecular weight is 276 g/mol. The summed E-state index contributed by atoms with van der Waals surface area (Å²) in [7, 11) is 1.69. The number of ether oxygens (including phenoxy) is 1. The maximum atomic E-state index is 6.08. The minimum atomic E-state index is 0.0694. The summed E-state index contributed by atoms with van der Waals surface area (Å²) in [6.45, 7) is 5.36. The zero-order valence-electron chi connectivity index (χ0n) is 13.0. The van der Waals surface area contributed by atoms with Crippen molar-refractivity contribution in [2.24, 2.45) is 17.6 Å². The molecule has 1 saturated carbocycles. The zero-order chi connectivity index (χ0) is 14.6. The second-order valence-corrected chi connectivity index (χ2v) is 6.42. The smallest absolute Gasteiger partial charge is 0.119 e. The third kappa shape index (κ3) is 3.45. The van der Waals surface area contributed by atoms with Crippen LogP contribution in [0.15, 0.2) is 24.3 Å². The van der Waals surface area contributed by atoms with Crippen LogP contribution in [0.4, 0.5) is 5.69 Å². The third-order valence-electron chi connectivity index (χ3n) is 4.82. The van der Waals surface area contributed by atoms with E-state index in [0.29, 0.717) is 6.54 Å². The third-order valence-corrected chi connectivity index (χ3v) is 4.82. The van der Waals surface area contributed by atoms with E-state index < -0.39 is 0 Å². The van der Waals surface area contributed by atoms with Gasteiger partial charge in [0.05, 0.1) is 7.11 Å². The lowest BCUT2D eigenvalue weighted by atomic mass is 9.72. The van der Waals surface area contributed by atoms with Gasteiger partial charge in [0.25, 0.3) is 0 Å². The Hall–Kier alpha value is -1.22. The topological polar surface area (TPSA) is 47.3 Å². The second-order valence-electron chi connectivity index (χ2n) is 6.42. The zero-order valence-corrected chi connectivity index (χ0v) is 13.0. The second kappa shape index (κ2) is 6.49. The van der Waals surface area contributed by atoms with Crippen molar-refractivity contribution >= 4 is 5.69 Å². The molecular formula is C17H28N2O. The van der Waals surface area contributed by atoms with Gasteiger partial charge in [-0.2, -0.15) is 0 Å². The van der Waals surface area contributed by atoms with E-state index in [2.05, 4.69) is 31.3 Å². The molecule has 3 N–H and O–H groups in total. The van der Waals surface area contributed by atoms with Gasteiger partial charge in [-0.3, -0.25) is 0 Å². The SMILES string of the molecule is COc1ccc(NC2(CN)CCC(C(C)C)CC2)cc1. The van der Waals surface area contributed by atoms with Gasteiger partial charge < -0.3 is 15.8 Å². The van der Waals surface area contributed by atoms with Gasteiger partial charge in [-0.1, -0.05) is 13.8 Å². The van der Waals surface area contributed by atoms with E-state index in [4.69, 9.17) is 10.5 Å². The Kier molecular flexibility index (Phi) is 4.92. The standard InChI is InChI=1S/C17H28N2O/c1-13(2)14-8-10-17(12-18,11-9-14)19-15-4-6-16(20-3)7-5-15/h4-7,13-14,19H,8-12,18H2,1-3H3. The van der Waals surface area contributed by atoms with Crippen molar-refractivity contribution < 1.29 is 4.74 Å². The Morgan fingerprint density at radius 3 is 2.30 bits per heavy atom. The molecule has 1 aromatic carbocycles. The van der Waals surface area contributed by atoms with E-state index in [1.54, 1.807) is 7.11 Å². The minimum Gasteiger partial charge on any atom is -0.497 e. The highest BCUT2D eigenvalue weighted by atomic mass is 16.5. The summed E-state index contributed by atoms with van der Waals surface area (Å²) in [4.78, 5) is 0. The van der Waals surface area contributed by atoms with E-state index in [9.17, 15) is 0 Å². The molecule has 0 amide bonds. The Labute approximate surface area is 122 Å². The van der Waals surface area contributed by atoms with Crippen molar-refractivity contribution in [3.63, 3.8) is 0 Å². The molecular weight excluding hydrogens is 248 g/mol. The van der Waals surface area contributed by atoms with Gasteiger partial charge in [0.2, 0.25) is 0 Å². The van der Waals surface area contributed by atoms with E-state index >= 15 is 0 Å². The van der Waals surface area contributed by atoms with Gasteiger partial charge in [0.1, 0.15) is 5.75 Å². The quantitative estimate of drug-likeness (QED) is 0.863. The Bertz CT molecular complexity index is 406. The number of anilines is 1.